The van der Waals surface area contributed by atoms with Gasteiger partial charge in [-0.3, -0.25) is 4.90 Å². The summed E-state index contributed by atoms with van der Waals surface area (Å²) >= 11 is 0. The van der Waals surface area contributed by atoms with E-state index < -0.39 is 0 Å². The fraction of sp³-hybridized carbons (Fsp3) is 1.00. The van der Waals surface area contributed by atoms with Gasteiger partial charge in [-0.1, -0.05) is 6.92 Å². The van der Waals surface area contributed by atoms with Gasteiger partial charge in [0.15, 0.2) is 0 Å². The minimum absolute atomic E-state index is 0.0972. The molecule has 2 rings (SSSR count). The summed E-state index contributed by atoms with van der Waals surface area (Å²) in [7, 11) is 0. The van der Waals surface area contributed by atoms with Crippen molar-refractivity contribution >= 4 is 0 Å². The van der Waals surface area contributed by atoms with Crippen LogP contribution in [0.1, 0.15) is 33.6 Å². The van der Waals surface area contributed by atoms with Gasteiger partial charge in [-0.25, -0.2) is 0 Å². The van der Waals surface area contributed by atoms with Gasteiger partial charge in [-0.05, 0) is 39.2 Å². The van der Waals surface area contributed by atoms with Gasteiger partial charge in [-0.2, -0.15) is 0 Å². The van der Waals surface area contributed by atoms with E-state index in [4.69, 9.17) is 4.74 Å². The molecule has 1 aliphatic heterocycles. The fourth-order valence-corrected chi connectivity index (χ4v) is 3.11. The second kappa shape index (κ2) is 5.87. The van der Waals surface area contributed by atoms with E-state index in [1.54, 1.807) is 0 Å². The first-order chi connectivity index (χ1) is 8.61. The molecule has 0 aromatic heterocycles. The quantitative estimate of drug-likeness (QED) is 0.739. The van der Waals surface area contributed by atoms with Crippen molar-refractivity contribution in [1.82, 2.24) is 10.2 Å². The minimum Gasteiger partial charge on any atom is -0.394 e. The van der Waals surface area contributed by atoms with Crippen molar-refractivity contribution in [2.45, 2.75) is 51.3 Å². The normalized spacial score (nSPS) is 33.3. The molecule has 3 unspecified atom stereocenters. The number of nitrogens with zero attached hydrogens (tertiary/aromatic N) is 1. The number of ether oxygens (including phenoxy) is 1. The lowest BCUT2D eigenvalue weighted by Crippen LogP contribution is -2.61. The molecule has 2 N–H and O–H groups in total. The fourth-order valence-electron chi connectivity index (χ4n) is 3.11. The third-order valence-corrected chi connectivity index (χ3v) is 4.39. The van der Waals surface area contributed by atoms with Crippen molar-refractivity contribution < 1.29 is 9.84 Å². The summed E-state index contributed by atoms with van der Waals surface area (Å²) in [5, 5.41) is 13.4. The molecule has 1 aliphatic carbocycles. The van der Waals surface area contributed by atoms with Crippen molar-refractivity contribution in [2.75, 3.05) is 32.8 Å². The highest BCUT2D eigenvalue weighted by Gasteiger charge is 2.46. The molecule has 0 amide bonds. The molecule has 0 aromatic rings. The van der Waals surface area contributed by atoms with Gasteiger partial charge in [-0.15, -0.1) is 0 Å². The van der Waals surface area contributed by atoms with E-state index in [0.717, 1.165) is 26.2 Å². The van der Waals surface area contributed by atoms with Crippen LogP contribution in [0, 0.1) is 5.92 Å². The number of morpholine rings is 1. The van der Waals surface area contributed by atoms with Crippen molar-refractivity contribution in [1.29, 1.82) is 0 Å². The first kappa shape index (κ1) is 14.3. The van der Waals surface area contributed by atoms with Gasteiger partial charge in [0.2, 0.25) is 0 Å². The number of hydrogen-bond donors (Lipinski definition) is 2. The summed E-state index contributed by atoms with van der Waals surface area (Å²) in [6.07, 6.45) is 2.81. The van der Waals surface area contributed by atoms with Crippen LogP contribution in [0.15, 0.2) is 0 Å². The molecule has 0 bridgehead atoms. The molecule has 18 heavy (non-hydrogen) atoms. The second-order valence-electron chi connectivity index (χ2n) is 6.04. The Kier molecular flexibility index (Phi) is 4.64. The van der Waals surface area contributed by atoms with Crippen LogP contribution in [0.25, 0.3) is 0 Å². The molecule has 2 aliphatic rings. The molecular formula is C14H28N2O2. The zero-order valence-electron chi connectivity index (χ0n) is 12.0. The Labute approximate surface area is 111 Å². The number of aliphatic hydroxyl groups excluding tert-OH is 1. The number of aliphatic hydroxyl groups is 1. The van der Waals surface area contributed by atoms with Crippen molar-refractivity contribution in [3.05, 3.63) is 0 Å². The number of likely N-dealkylation sites (N-methyl/N-ethyl adjacent to an activating group) is 1. The summed E-state index contributed by atoms with van der Waals surface area (Å²) in [5.74, 6) is 0.646. The molecular weight excluding hydrogens is 228 g/mol. The minimum atomic E-state index is -0.0972. The Balaban J connectivity index is 2.02. The Morgan fingerprint density at radius 3 is 2.67 bits per heavy atom. The van der Waals surface area contributed by atoms with E-state index in [-0.39, 0.29) is 12.1 Å². The highest BCUT2D eigenvalue weighted by Crippen LogP contribution is 2.40. The average molecular weight is 256 g/mol. The predicted octanol–water partition coefficient (Wildman–Crippen LogP) is 0.846. The maximum atomic E-state index is 9.88. The largest absolute Gasteiger partial charge is 0.394 e. The first-order valence-electron chi connectivity index (χ1n) is 7.33. The predicted molar refractivity (Wildman–Crippen MR) is 72.7 cm³/mol. The standard InChI is InChI=1S/C14H28N2O2/c1-4-15-14(10-17,13-5-6-13)9-16-7-12(3)18-8-11(16)2/h11-13,15,17H,4-10H2,1-3H3. The molecule has 4 nitrogen and oxygen atoms in total. The topological polar surface area (TPSA) is 44.7 Å². The van der Waals surface area contributed by atoms with Crippen LogP contribution in [0.5, 0.6) is 0 Å². The number of nitrogens with one attached hydrogen (secondary N) is 1. The Hall–Kier alpha value is -0.160. The molecule has 0 spiro atoms. The summed E-state index contributed by atoms with van der Waals surface area (Å²) in [6.45, 7) is 10.3. The van der Waals surface area contributed by atoms with Crippen molar-refractivity contribution in [3.8, 4) is 0 Å². The van der Waals surface area contributed by atoms with Crippen LogP contribution in [-0.4, -0.2) is 60.5 Å². The second-order valence-corrected chi connectivity index (χ2v) is 6.04. The molecule has 106 valence electrons. The monoisotopic (exact) mass is 256 g/mol. The summed E-state index contributed by atoms with van der Waals surface area (Å²) in [6, 6.07) is 0.449. The van der Waals surface area contributed by atoms with Gasteiger partial charge in [0.05, 0.1) is 24.9 Å². The van der Waals surface area contributed by atoms with Gasteiger partial charge >= 0.3 is 0 Å². The van der Waals surface area contributed by atoms with E-state index >= 15 is 0 Å². The van der Waals surface area contributed by atoms with Crippen LogP contribution >= 0.6 is 0 Å². The highest BCUT2D eigenvalue weighted by atomic mass is 16.5. The lowest BCUT2D eigenvalue weighted by atomic mass is 9.92. The van der Waals surface area contributed by atoms with Crippen LogP contribution in [-0.2, 0) is 4.74 Å². The van der Waals surface area contributed by atoms with Crippen LogP contribution in [0.4, 0.5) is 0 Å². The lowest BCUT2D eigenvalue weighted by molar-refractivity contribution is -0.0639. The van der Waals surface area contributed by atoms with E-state index in [0.29, 0.717) is 18.1 Å². The molecule has 1 saturated heterocycles. The average Bonchev–Trinajstić information content (AvgIpc) is 3.17. The maximum absolute atomic E-state index is 9.88. The Bertz CT molecular complexity index is 271. The van der Waals surface area contributed by atoms with E-state index in [1.807, 2.05) is 0 Å². The zero-order valence-corrected chi connectivity index (χ0v) is 12.0. The Morgan fingerprint density at radius 1 is 1.39 bits per heavy atom. The molecule has 0 radical (unpaired) electrons. The van der Waals surface area contributed by atoms with E-state index in [9.17, 15) is 5.11 Å². The molecule has 2 fully saturated rings. The molecule has 3 atom stereocenters. The molecule has 1 saturated carbocycles. The molecule has 0 aromatic carbocycles. The van der Waals surface area contributed by atoms with Crippen LogP contribution in [0.2, 0.25) is 0 Å². The summed E-state index contributed by atoms with van der Waals surface area (Å²) in [4.78, 5) is 2.48. The van der Waals surface area contributed by atoms with Crippen molar-refractivity contribution in [3.63, 3.8) is 0 Å². The van der Waals surface area contributed by atoms with E-state index in [1.165, 1.54) is 12.8 Å². The Morgan fingerprint density at radius 2 is 2.11 bits per heavy atom. The van der Waals surface area contributed by atoms with Gasteiger partial charge < -0.3 is 15.2 Å². The third kappa shape index (κ3) is 3.05. The van der Waals surface area contributed by atoms with Crippen molar-refractivity contribution in [2.24, 2.45) is 5.92 Å². The van der Waals surface area contributed by atoms with Crippen LogP contribution < -0.4 is 5.32 Å². The van der Waals surface area contributed by atoms with E-state index in [2.05, 4.69) is 31.0 Å². The number of rotatable bonds is 6. The smallest absolute Gasteiger partial charge is 0.0674 e. The summed E-state index contributed by atoms with van der Waals surface area (Å²) < 4.78 is 5.68. The van der Waals surface area contributed by atoms with Gasteiger partial charge in [0.1, 0.15) is 0 Å². The molecule has 4 heteroatoms. The highest BCUT2D eigenvalue weighted by molar-refractivity contribution is 5.03. The zero-order chi connectivity index (χ0) is 13.2. The molecule has 1 heterocycles. The summed E-state index contributed by atoms with van der Waals surface area (Å²) in [5.41, 5.74) is -0.0972. The number of hydrogen-bond acceptors (Lipinski definition) is 4. The third-order valence-electron chi connectivity index (χ3n) is 4.39. The first-order valence-corrected chi connectivity index (χ1v) is 7.33. The SMILES string of the molecule is CCNC(CO)(CN1CC(C)OCC1C)C1CC1. The van der Waals surface area contributed by atoms with Gasteiger partial charge in [0, 0.05) is 19.1 Å². The van der Waals surface area contributed by atoms with Gasteiger partial charge in [0.25, 0.3) is 0 Å². The maximum Gasteiger partial charge on any atom is 0.0674 e. The van der Waals surface area contributed by atoms with Crippen LogP contribution in [0.3, 0.4) is 0 Å². The lowest BCUT2D eigenvalue weighted by Gasteiger charge is -2.44.